The molecule has 0 saturated heterocycles. The molecule has 0 amide bonds. The molecule has 0 fully saturated rings. The van der Waals surface area contributed by atoms with E-state index in [0.717, 1.165) is 40.4 Å². The van der Waals surface area contributed by atoms with Gasteiger partial charge >= 0.3 is 0 Å². The van der Waals surface area contributed by atoms with Crippen LogP contribution in [0.3, 0.4) is 0 Å². The lowest BCUT2D eigenvalue weighted by Crippen LogP contribution is -2.06. The van der Waals surface area contributed by atoms with Crippen LogP contribution in [0.5, 0.6) is 11.6 Å². The molecular formula is C22H20FN5O2. The summed E-state index contributed by atoms with van der Waals surface area (Å²) in [6, 6.07) is 6.93. The van der Waals surface area contributed by atoms with Crippen LogP contribution in [-0.4, -0.2) is 38.3 Å². The van der Waals surface area contributed by atoms with E-state index in [1.807, 2.05) is 23.5 Å². The first-order valence-electron chi connectivity index (χ1n) is 9.78. The average molecular weight is 405 g/mol. The van der Waals surface area contributed by atoms with Gasteiger partial charge in [0.25, 0.3) is 0 Å². The van der Waals surface area contributed by atoms with Crippen molar-refractivity contribution in [2.24, 2.45) is 0 Å². The molecule has 7 nitrogen and oxygen atoms in total. The summed E-state index contributed by atoms with van der Waals surface area (Å²) < 4.78 is 27.1. The van der Waals surface area contributed by atoms with Crippen LogP contribution in [0.15, 0.2) is 36.8 Å². The van der Waals surface area contributed by atoms with Crippen LogP contribution >= 0.6 is 0 Å². The molecular weight excluding hydrogens is 385 g/mol. The largest absolute Gasteiger partial charge is 0.493 e. The summed E-state index contributed by atoms with van der Waals surface area (Å²) in [7, 11) is 1.59. The van der Waals surface area contributed by atoms with Crippen molar-refractivity contribution < 1.29 is 13.9 Å². The number of hydrogen-bond donors (Lipinski definition) is 0. The highest BCUT2D eigenvalue weighted by Gasteiger charge is 2.20. The number of nitrogens with zero attached hydrogens (tertiary/aromatic N) is 5. The molecule has 0 atom stereocenters. The third kappa shape index (κ3) is 3.04. The molecule has 0 N–H and O–H groups in total. The first kappa shape index (κ1) is 18.5. The van der Waals surface area contributed by atoms with Crippen LogP contribution in [0.25, 0.3) is 16.8 Å². The first-order chi connectivity index (χ1) is 14.7. The fraction of sp³-hybridized carbons (Fsp3) is 0.273. The summed E-state index contributed by atoms with van der Waals surface area (Å²) in [5.41, 5.74) is 4.92. The monoisotopic (exact) mass is 405 g/mol. The van der Waals surface area contributed by atoms with Gasteiger partial charge in [-0.2, -0.15) is 0 Å². The Morgan fingerprint density at radius 3 is 2.90 bits per heavy atom. The second-order valence-corrected chi connectivity index (χ2v) is 7.20. The van der Waals surface area contributed by atoms with Gasteiger partial charge in [-0.25, -0.2) is 14.4 Å². The summed E-state index contributed by atoms with van der Waals surface area (Å²) in [6.45, 7) is 2.52. The lowest BCUT2D eigenvalue weighted by atomic mass is 10.00. The Bertz CT molecular complexity index is 1250. The minimum Gasteiger partial charge on any atom is -0.493 e. The lowest BCUT2D eigenvalue weighted by molar-refractivity contribution is 0.356. The number of aromatic nitrogens is 5. The van der Waals surface area contributed by atoms with Crippen molar-refractivity contribution in [1.29, 1.82) is 0 Å². The molecule has 1 aromatic carbocycles. The van der Waals surface area contributed by atoms with E-state index in [-0.39, 0.29) is 5.82 Å². The molecule has 1 aliphatic rings. The van der Waals surface area contributed by atoms with Gasteiger partial charge in [0.05, 0.1) is 13.7 Å². The summed E-state index contributed by atoms with van der Waals surface area (Å²) in [5.74, 6) is 1.91. The number of rotatable bonds is 5. The van der Waals surface area contributed by atoms with Crippen LogP contribution in [0.1, 0.15) is 22.6 Å². The predicted octanol–water partition coefficient (Wildman–Crippen LogP) is 3.36. The van der Waals surface area contributed by atoms with Crippen LogP contribution in [-0.2, 0) is 19.3 Å². The maximum Gasteiger partial charge on any atom is 0.213 e. The Hall–Kier alpha value is -3.55. The smallest absolute Gasteiger partial charge is 0.213 e. The third-order valence-corrected chi connectivity index (χ3v) is 5.51. The fourth-order valence-electron chi connectivity index (χ4n) is 4.00. The van der Waals surface area contributed by atoms with Crippen LogP contribution in [0, 0.1) is 12.7 Å². The molecule has 4 aromatic rings. The first-order valence-corrected chi connectivity index (χ1v) is 9.78. The van der Waals surface area contributed by atoms with Gasteiger partial charge in [-0.1, -0.05) is 0 Å². The zero-order valence-electron chi connectivity index (χ0n) is 16.7. The number of ether oxygens (including phenoxy) is 2. The average Bonchev–Trinajstić information content (AvgIpc) is 3.43. The second kappa shape index (κ2) is 7.37. The Morgan fingerprint density at radius 2 is 2.07 bits per heavy atom. The zero-order chi connectivity index (χ0) is 20.7. The minimum atomic E-state index is -0.198. The minimum absolute atomic E-state index is 0.198. The van der Waals surface area contributed by atoms with Crippen molar-refractivity contribution in [3.05, 3.63) is 65.3 Å². The van der Waals surface area contributed by atoms with Gasteiger partial charge in [0.2, 0.25) is 5.88 Å². The zero-order valence-corrected chi connectivity index (χ0v) is 16.7. The van der Waals surface area contributed by atoms with Gasteiger partial charge in [0, 0.05) is 47.5 Å². The van der Waals surface area contributed by atoms with E-state index in [0.29, 0.717) is 36.5 Å². The van der Waals surface area contributed by atoms with Gasteiger partial charge in [-0.15, -0.1) is 10.2 Å². The van der Waals surface area contributed by atoms with Gasteiger partial charge < -0.3 is 9.47 Å². The van der Waals surface area contributed by atoms with Crippen molar-refractivity contribution in [3.8, 4) is 22.8 Å². The lowest BCUT2D eigenvalue weighted by Gasteiger charge is -2.12. The van der Waals surface area contributed by atoms with E-state index in [2.05, 4.69) is 20.2 Å². The predicted molar refractivity (Wildman–Crippen MR) is 108 cm³/mol. The highest BCUT2D eigenvalue weighted by atomic mass is 19.1. The van der Waals surface area contributed by atoms with Gasteiger partial charge in [-0.05, 0) is 37.1 Å². The standard InChI is InChI=1S/C22H20FN5O2/c1-13-14(4-8-21(26-13)29-2)17-11-24-20(28-12-25-27-22(17)28)7-3-15-16-9-10-30-19(16)6-5-18(15)23/h4-6,8,11-12H,3,7,9-10H2,1-2H3. The number of halogens is 1. The summed E-state index contributed by atoms with van der Waals surface area (Å²) in [5, 5.41) is 8.37. The molecule has 152 valence electrons. The number of aryl methyl sites for hydroxylation is 2. The van der Waals surface area contributed by atoms with E-state index < -0.39 is 0 Å². The molecule has 0 radical (unpaired) electrons. The number of pyridine rings is 1. The SMILES string of the molecule is COc1ccc(-c2cnc(CCc3c(F)ccc4c3CCO4)n3cnnc23)c(C)n1. The molecule has 0 bridgehead atoms. The van der Waals surface area contributed by atoms with Gasteiger partial charge in [0.15, 0.2) is 5.65 Å². The number of methoxy groups -OCH3 is 1. The molecule has 0 saturated carbocycles. The summed E-state index contributed by atoms with van der Waals surface area (Å²) in [4.78, 5) is 9.09. The maximum absolute atomic E-state index is 14.5. The molecule has 0 aliphatic carbocycles. The number of hydrogen-bond acceptors (Lipinski definition) is 6. The summed E-state index contributed by atoms with van der Waals surface area (Å²) >= 11 is 0. The topological polar surface area (TPSA) is 74.4 Å². The molecule has 8 heteroatoms. The maximum atomic E-state index is 14.5. The van der Waals surface area contributed by atoms with Crippen molar-refractivity contribution in [1.82, 2.24) is 24.6 Å². The quantitative estimate of drug-likeness (QED) is 0.507. The number of benzene rings is 1. The van der Waals surface area contributed by atoms with E-state index in [4.69, 9.17) is 9.47 Å². The summed E-state index contributed by atoms with van der Waals surface area (Å²) in [6.07, 6.45) is 5.25. The Kier molecular flexibility index (Phi) is 4.54. The highest BCUT2D eigenvalue weighted by Crippen LogP contribution is 2.31. The molecule has 1 aliphatic heterocycles. The fourth-order valence-corrected chi connectivity index (χ4v) is 4.00. The Balaban J connectivity index is 1.49. The van der Waals surface area contributed by atoms with Crippen LogP contribution in [0.2, 0.25) is 0 Å². The molecule has 0 spiro atoms. The molecule has 0 unspecified atom stereocenters. The molecule has 30 heavy (non-hydrogen) atoms. The second-order valence-electron chi connectivity index (χ2n) is 7.20. The van der Waals surface area contributed by atoms with Crippen molar-refractivity contribution in [3.63, 3.8) is 0 Å². The highest BCUT2D eigenvalue weighted by molar-refractivity contribution is 5.78. The van der Waals surface area contributed by atoms with Gasteiger partial charge in [0.1, 0.15) is 23.7 Å². The molecule has 4 heterocycles. The normalized spacial score (nSPS) is 12.8. The molecule has 5 rings (SSSR count). The van der Waals surface area contributed by atoms with E-state index in [1.165, 1.54) is 6.07 Å². The third-order valence-electron chi connectivity index (χ3n) is 5.51. The van der Waals surface area contributed by atoms with Crippen molar-refractivity contribution >= 4 is 5.65 Å². The van der Waals surface area contributed by atoms with Crippen molar-refractivity contribution in [2.45, 2.75) is 26.2 Å². The molecule has 3 aromatic heterocycles. The Labute approximate surface area is 172 Å². The van der Waals surface area contributed by atoms with E-state index >= 15 is 0 Å². The van der Waals surface area contributed by atoms with E-state index in [9.17, 15) is 4.39 Å². The van der Waals surface area contributed by atoms with Crippen molar-refractivity contribution in [2.75, 3.05) is 13.7 Å². The number of fused-ring (bicyclic) bond motifs is 2. The van der Waals surface area contributed by atoms with Crippen LogP contribution in [0.4, 0.5) is 4.39 Å². The van der Waals surface area contributed by atoms with Gasteiger partial charge in [-0.3, -0.25) is 4.40 Å². The van der Waals surface area contributed by atoms with E-state index in [1.54, 1.807) is 25.7 Å². The van der Waals surface area contributed by atoms with Crippen LogP contribution < -0.4 is 9.47 Å². The Morgan fingerprint density at radius 1 is 1.17 bits per heavy atom.